The van der Waals surface area contributed by atoms with Gasteiger partial charge in [-0.2, -0.15) is 0 Å². The number of nitrogens with one attached hydrogen (secondary N) is 3. The Kier molecular flexibility index (Phi) is 32.0. The van der Waals surface area contributed by atoms with E-state index in [-0.39, 0.29) is 31.3 Å². The third-order valence-electron chi connectivity index (χ3n) is 7.36. The number of carbonyl (C=O) groups excluding carboxylic acids is 2. The first-order valence-electron chi connectivity index (χ1n) is 18.1. The van der Waals surface area contributed by atoms with Crippen LogP contribution in [0.25, 0.3) is 0 Å². The molecule has 2 unspecified atom stereocenters. The van der Waals surface area contributed by atoms with Crippen LogP contribution in [0.1, 0.15) is 118 Å². The van der Waals surface area contributed by atoms with Crippen molar-refractivity contribution < 1.29 is 9.59 Å². The van der Waals surface area contributed by atoms with E-state index in [4.69, 9.17) is 0 Å². The van der Waals surface area contributed by atoms with Gasteiger partial charge in [0.15, 0.2) is 0 Å². The first kappa shape index (κ1) is 49.3. The molecule has 3 atom stereocenters. The molecule has 0 bridgehead atoms. The number of amides is 2. The average molecular weight is 669 g/mol. The van der Waals surface area contributed by atoms with Crippen LogP contribution in [0.5, 0.6) is 0 Å². The van der Waals surface area contributed by atoms with E-state index in [9.17, 15) is 9.59 Å². The van der Waals surface area contributed by atoms with Crippen LogP contribution in [0.15, 0.2) is 60.3 Å². The number of unbranched alkanes of at least 4 members (excludes halogenated alkanes) is 1. The minimum Gasteiger partial charge on any atom is -0.377 e. The molecule has 0 saturated carbocycles. The van der Waals surface area contributed by atoms with Gasteiger partial charge < -0.3 is 20.9 Å². The van der Waals surface area contributed by atoms with Crippen LogP contribution in [-0.4, -0.2) is 56.5 Å². The summed E-state index contributed by atoms with van der Waals surface area (Å²) in [5.41, 5.74) is 6.73. The second kappa shape index (κ2) is 31.2. The molecule has 0 aromatic heterocycles. The van der Waals surface area contributed by atoms with E-state index < -0.39 is 0 Å². The summed E-state index contributed by atoms with van der Waals surface area (Å²) < 4.78 is 0. The molecule has 0 aliphatic carbocycles. The molecule has 3 N–H and O–H groups in total. The van der Waals surface area contributed by atoms with Crippen molar-refractivity contribution in [3.63, 3.8) is 0 Å². The zero-order chi connectivity index (χ0) is 36.2. The highest BCUT2D eigenvalue weighted by atomic mass is 16.2. The van der Waals surface area contributed by atoms with Crippen LogP contribution in [0.4, 0.5) is 0 Å². The van der Waals surface area contributed by atoms with Crippen molar-refractivity contribution in [3.05, 3.63) is 82.6 Å². The second-order valence-corrected chi connectivity index (χ2v) is 12.9. The van der Waals surface area contributed by atoms with Gasteiger partial charge in [0.05, 0.1) is 0 Å². The fourth-order valence-electron chi connectivity index (χ4n) is 5.08. The molecule has 0 fully saturated rings. The van der Waals surface area contributed by atoms with Crippen LogP contribution in [0.3, 0.4) is 0 Å². The maximum Gasteiger partial charge on any atom is 0.243 e. The van der Waals surface area contributed by atoms with Gasteiger partial charge in [0, 0.05) is 24.8 Å². The summed E-state index contributed by atoms with van der Waals surface area (Å²) in [7, 11) is 4.03. The van der Waals surface area contributed by atoms with E-state index in [1.54, 1.807) is 0 Å². The van der Waals surface area contributed by atoms with Crippen molar-refractivity contribution >= 4 is 12.3 Å². The number of nitrogens with zero attached hydrogens (tertiary/aromatic N) is 1. The lowest BCUT2D eigenvalue weighted by molar-refractivity contribution is -0.124. The van der Waals surface area contributed by atoms with Gasteiger partial charge in [-0.3, -0.25) is 9.59 Å². The number of likely N-dealkylation sites (N-methyl/N-ethyl adjacent to an activating group) is 1. The van der Waals surface area contributed by atoms with Crippen molar-refractivity contribution in [1.82, 2.24) is 20.9 Å². The molecule has 276 valence electrons. The lowest BCUT2D eigenvalue weighted by atomic mass is 9.94. The molecule has 0 heterocycles. The lowest BCUT2D eigenvalue weighted by Gasteiger charge is -2.27. The third-order valence-corrected chi connectivity index (χ3v) is 7.36. The number of benzene rings is 2. The predicted octanol–water partition coefficient (Wildman–Crippen LogP) is 9.29. The Morgan fingerprint density at radius 2 is 1.46 bits per heavy atom. The molecule has 0 aliphatic rings. The Morgan fingerprint density at radius 3 is 1.90 bits per heavy atom. The van der Waals surface area contributed by atoms with Crippen LogP contribution in [0, 0.1) is 25.7 Å². The Labute approximate surface area is 298 Å². The molecule has 6 heteroatoms. The molecule has 2 amide bonds. The number of carbonyl (C=O) groups is 2. The van der Waals surface area contributed by atoms with E-state index >= 15 is 0 Å². The lowest BCUT2D eigenvalue weighted by Crippen LogP contribution is -2.51. The number of hydrogen-bond donors (Lipinski definition) is 3. The van der Waals surface area contributed by atoms with Gasteiger partial charge in [-0.1, -0.05) is 135 Å². The Bertz CT molecular complexity index is 1080. The van der Waals surface area contributed by atoms with Gasteiger partial charge in [-0.25, -0.2) is 0 Å². The molecule has 2 aromatic carbocycles. The highest BCUT2D eigenvalue weighted by Gasteiger charge is 2.23. The van der Waals surface area contributed by atoms with Gasteiger partial charge >= 0.3 is 0 Å². The standard InChI is InChI=1S/C16H33N3O.C15H23NO.C8H10.C2H6.CH4/c1-8-10-14(9-2)18-15(12(3)4)16(20)17-13(5)11-19(6)7;1-3-4-7-14-8-5-6-9-15(14)10-13(2)11-16-12-17;1-7-4-3-5-8(2)6-7;1-2;/h10,12-13,15,18H,8-9,11H2,1-7H3,(H,17,20);5-6,8-9,12-13H,3-4,7,10-11H2,1-2H3,(H,16,17);3-6H,1-2H3;1-2H3;1H4/b14-10+;;;;/t;13-;;;/m.1.../s1. The second-order valence-electron chi connectivity index (χ2n) is 12.9. The Hall–Kier alpha value is -3.12. The molecular weight excluding hydrogens is 592 g/mol. The van der Waals surface area contributed by atoms with Crippen LogP contribution >= 0.6 is 0 Å². The average Bonchev–Trinajstić information content (AvgIpc) is 3.02. The molecule has 0 spiro atoms. The summed E-state index contributed by atoms with van der Waals surface area (Å²) in [4.78, 5) is 24.8. The van der Waals surface area contributed by atoms with E-state index in [1.807, 2.05) is 34.9 Å². The minimum absolute atomic E-state index is 0. The van der Waals surface area contributed by atoms with Gasteiger partial charge in [0.2, 0.25) is 12.3 Å². The van der Waals surface area contributed by atoms with Crippen molar-refractivity contribution in [2.45, 2.75) is 134 Å². The maximum atomic E-state index is 12.4. The van der Waals surface area contributed by atoms with Crippen molar-refractivity contribution in [1.29, 1.82) is 0 Å². The topological polar surface area (TPSA) is 73.5 Å². The summed E-state index contributed by atoms with van der Waals surface area (Å²) in [6, 6.07) is 17.1. The third kappa shape index (κ3) is 25.0. The van der Waals surface area contributed by atoms with E-state index in [2.05, 4.69) is 131 Å². The normalized spacial score (nSPS) is 12.4. The van der Waals surface area contributed by atoms with Crippen LogP contribution in [-0.2, 0) is 22.4 Å². The summed E-state index contributed by atoms with van der Waals surface area (Å²) in [5, 5.41) is 9.24. The maximum absolute atomic E-state index is 12.4. The number of hydrogen-bond acceptors (Lipinski definition) is 4. The van der Waals surface area contributed by atoms with Gasteiger partial charge in [0.1, 0.15) is 6.04 Å². The van der Waals surface area contributed by atoms with E-state index in [1.165, 1.54) is 41.5 Å². The van der Waals surface area contributed by atoms with Gasteiger partial charge in [-0.05, 0) is 89.9 Å². The zero-order valence-corrected chi connectivity index (χ0v) is 32.5. The summed E-state index contributed by atoms with van der Waals surface area (Å²) in [5.74, 6) is 0.834. The fourth-order valence-corrected chi connectivity index (χ4v) is 5.08. The minimum atomic E-state index is -0.169. The molecule has 0 radical (unpaired) electrons. The number of allylic oxidation sites excluding steroid dienone is 2. The smallest absolute Gasteiger partial charge is 0.243 e. The van der Waals surface area contributed by atoms with Crippen molar-refractivity contribution in [3.8, 4) is 0 Å². The SMILES string of the molecule is C.CC.CC/C=C(\CC)NC(C(=O)NC(C)CN(C)C)C(C)C.CCCCc1ccccc1C[C@@H](C)CNC=O.Cc1cccc(C)c1. The molecule has 2 aromatic rings. The first-order valence-corrected chi connectivity index (χ1v) is 18.1. The summed E-state index contributed by atoms with van der Waals surface area (Å²) in [6.07, 6.45) is 9.54. The van der Waals surface area contributed by atoms with E-state index in [0.29, 0.717) is 5.92 Å². The highest BCUT2D eigenvalue weighted by molar-refractivity contribution is 5.82. The van der Waals surface area contributed by atoms with Gasteiger partial charge in [-0.15, -0.1) is 0 Å². The summed E-state index contributed by atoms with van der Waals surface area (Å²) >= 11 is 0. The predicted molar refractivity (Wildman–Crippen MR) is 213 cm³/mol. The van der Waals surface area contributed by atoms with Crippen molar-refractivity contribution in [2.24, 2.45) is 11.8 Å². The molecule has 0 aliphatic heterocycles. The zero-order valence-electron chi connectivity index (χ0n) is 32.5. The highest BCUT2D eigenvalue weighted by Crippen LogP contribution is 2.16. The summed E-state index contributed by atoms with van der Waals surface area (Å²) in [6.45, 7) is 24.6. The Morgan fingerprint density at radius 1 is 0.875 bits per heavy atom. The van der Waals surface area contributed by atoms with Crippen LogP contribution < -0.4 is 16.0 Å². The number of aryl methyl sites for hydroxylation is 3. The molecule has 48 heavy (non-hydrogen) atoms. The number of rotatable bonds is 17. The molecule has 0 saturated heterocycles. The molecule has 6 nitrogen and oxygen atoms in total. The Balaban J connectivity index is -0.000000652. The first-order chi connectivity index (χ1) is 22.4. The monoisotopic (exact) mass is 669 g/mol. The quantitative estimate of drug-likeness (QED) is 0.147. The van der Waals surface area contributed by atoms with Crippen molar-refractivity contribution in [2.75, 3.05) is 27.2 Å². The van der Waals surface area contributed by atoms with Crippen LogP contribution in [0.2, 0.25) is 0 Å². The fraction of sp³-hybridized carbons (Fsp3) is 0.619. The molecular formula is C42H76N4O2. The van der Waals surface area contributed by atoms with Gasteiger partial charge in [0.25, 0.3) is 0 Å². The largest absolute Gasteiger partial charge is 0.377 e. The molecule has 2 rings (SSSR count). The van der Waals surface area contributed by atoms with E-state index in [0.717, 1.165) is 44.5 Å².